The number of allylic oxidation sites excluding steroid dienone is 2. The Morgan fingerprint density at radius 2 is 0.412 bits per heavy atom. The third kappa shape index (κ3) is 59.0. The second kappa shape index (κ2) is 78.6. The molecule has 1 heterocycles. The summed E-state index contributed by atoms with van der Waals surface area (Å²) in [4.78, 5) is 0. The van der Waals surface area contributed by atoms with E-state index in [1.165, 1.54) is 469 Å². The van der Waals surface area contributed by atoms with Crippen LogP contribution in [0.3, 0.4) is 0 Å². The SMILES string of the molecule is CCCCCCCCC1=C(c2cc(C)cc(C)c2)[N+](=[N-])C(c2cc(CCCC)cc(CCCC)c2)=C1CCCCC.[CH2-]CCCCCCCCCCCCCCCCCCCCCCCCCCCCC.[CH2-]CCCCCCCCCCCCCCCCCCCCCCCCCCCCC.[Ni+2]. The van der Waals surface area contributed by atoms with Crippen molar-refractivity contribution in [3.05, 3.63) is 100 Å². The molecule has 0 unspecified atom stereocenters. The van der Waals surface area contributed by atoms with Crippen LogP contribution < -0.4 is 0 Å². The molecule has 0 fully saturated rings. The monoisotopic (exact) mass is 1460 g/mol. The van der Waals surface area contributed by atoms with E-state index < -0.39 is 0 Å². The molecule has 0 amide bonds. The van der Waals surface area contributed by atoms with E-state index in [1.54, 1.807) is 4.70 Å². The molecule has 0 spiro atoms. The van der Waals surface area contributed by atoms with E-state index in [0.29, 0.717) is 0 Å². The van der Waals surface area contributed by atoms with Crippen molar-refractivity contribution in [1.29, 1.82) is 0 Å². The number of rotatable bonds is 73. The number of hydrogen-bond donors (Lipinski definition) is 0. The second-order valence-electron chi connectivity index (χ2n) is 32.7. The largest absolute Gasteiger partial charge is 2.00 e. The minimum atomic E-state index is 0. The van der Waals surface area contributed by atoms with Crippen molar-refractivity contribution >= 4 is 11.4 Å². The average Bonchev–Trinajstić information content (AvgIpc) is 1.60. The molecule has 102 heavy (non-hydrogen) atoms. The molecule has 1 aliphatic rings. The molecular formula is C99H180N2Ni. The summed E-state index contributed by atoms with van der Waals surface area (Å²) < 4.78 is 1.60. The third-order valence-corrected chi connectivity index (χ3v) is 22.3. The van der Waals surface area contributed by atoms with Crippen molar-refractivity contribution in [3.63, 3.8) is 0 Å². The van der Waals surface area contributed by atoms with Crippen LogP contribution in [0.15, 0.2) is 47.5 Å². The van der Waals surface area contributed by atoms with Crippen LogP contribution >= 0.6 is 0 Å². The van der Waals surface area contributed by atoms with Crippen LogP contribution in [0.5, 0.6) is 0 Å². The summed E-state index contributed by atoms with van der Waals surface area (Å²) >= 11 is 0. The van der Waals surface area contributed by atoms with Crippen LogP contribution in [0.25, 0.3) is 16.9 Å². The Bertz CT molecular complexity index is 1990. The summed E-state index contributed by atoms with van der Waals surface area (Å²) in [6, 6.07) is 14.0. The summed E-state index contributed by atoms with van der Waals surface area (Å²) in [7, 11) is 0. The molecule has 0 aliphatic carbocycles. The van der Waals surface area contributed by atoms with Gasteiger partial charge in [-0.2, -0.15) is 12.8 Å². The summed E-state index contributed by atoms with van der Waals surface area (Å²) in [5, 5.41) is 0. The Morgan fingerprint density at radius 1 is 0.225 bits per heavy atom. The second-order valence-corrected chi connectivity index (χ2v) is 32.7. The van der Waals surface area contributed by atoms with Crippen LogP contribution in [-0.4, -0.2) is 4.70 Å². The van der Waals surface area contributed by atoms with Crippen molar-refractivity contribution in [2.75, 3.05) is 0 Å². The Kier molecular flexibility index (Phi) is 77.1. The van der Waals surface area contributed by atoms with E-state index in [2.05, 4.69) is 106 Å². The van der Waals surface area contributed by atoms with Crippen molar-refractivity contribution < 1.29 is 21.2 Å². The standard InChI is InChI=1S/C39H58N2.2C30H61.Ni/c1-7-11-15-16-17-19-23-37-36(22-18-12-8-2)39(41(40)38(37)34-25-30(5)24-31(6)26-34)35-28-32(20-13-9-3)27-33(29-35)21-14-10-4;2*1-3-5-7-9-11-13-15-17-19-21-23-25-27-29-30-28-26-24-22-20-18-16-14-12-10-8-6-4-2;/h24-29H,7-23H2,1-6H3;2*1,3-30H2,2H3;/q;2*-1;+2. The molecule has 2 nitrogen and oxygen atoms in total. The number of aryl methyl sites for hydroxylation is 4. The van der Waals surface area contributed by atoms with Gasteiger partial charge in [0.05, 0.1) is 0 Å². The molecule has 0 saturated heterocycles. The van der Waals surface area contributed by atoms with Gasteiger partial charge in [0.2, 0.25) is 11.4 Å². The minimum absolute atomic E-state index is 0. The zero-order chi connectivity index (χ0) is 73.2. The molecule has 2 aromatic carbocycles. The van der Waals surface area contributed by atoms with E-state index in [0.717, 1.165) is 55.5 Å². The topological polar surface area (TPSA) is 25.3 Å². The minimum Gasteiger partial charge on any atom is -0.493 e. The van der Waals surface area contributed by atoms with Gasteiger partial charge in [0.25, 0.3) is 0 Å². The zero-order valence-corrected chi connectivity index (χ0v) is 71.7. The van der Waals surface area contributed by atoms with Crippen LogP contribution in [0.2, 0.25) is 0 Å². The fourth-order valence-corrected chi connectivity index (χ4v) is 15.8. The van der Waals surface area contributed by atoms with Crippen LogP contribution in [0, 0.1) is 27.7 Å². The van der Waals surface area contributed by atoms with E-state index in [4.69, 9.17) is 0 Å². The van der Waals surface area contributed by atoms with Gasteiger partial charge in [0.1, 0.15) is 0 Å². The van der Waals surface area contributed by atoms with E-state index in [1.807, 2.05) is 0 Å². The molecule has 1 aliphatic heterocycles. The Morgan fingerprint density at radius 3 is 0.637 bits per heavy atom. The first kappa shape index (κ1) is 100. The van der Waals surface area contributed by atoms with Gasteiger partial charge in [-0.3, -0.25) is 0 Å². The summed E-state index contributed by atoms with van der Waals surface area (Å²) in [6.07, 6.45) is 102. The van der Waals surface area contributed by atoms with Gasteiger partial charge in [-0.05, 0) is 101 Å². The van der Waals surface area contributed by atoms with Crippen molar-refractivity contribution in [1.82, 2.24) is 0 Å². The molecule has 0 saturated carbocycles. The van der Waals surface area contributed by atoms with Gasteiger partial charge in [-0.15, -0.1) is 0 Å². The van der Waals surface area contributed by atoms with Crippen LogP contribution in [-0.2, 0) is 29.3 Å². The molecule has 3 heteroatoms. The average molecular weight is 1460 g/mol. The van der Waals surface area contributed by atoms with Crippen molar-refractivity contribution in [2.24, 2.45) is 0 Å². The number of hydrogen-bond acceptors (Lipinski definition) is 0. The fourth-order valence-electron chi connectivity index (χ4n) is 15.8. The van der Waals surface area contributed by atoms with Crippen LogP contribution in [0.4, 0.5) is 0 Å². The smallest absolute Gasteiger partial charge is 0.493 e. The predicted octanol–water partition coefficient (Wildman–Crippen LogP) is 36.0. The maximum Gasteiger partial charge on any atom is 2.00 e. The summed E-state index contributed by atoms with van der Waals surface area (Å²) in [5.41, 5.74) is 24.7. The van der Waals surface area contributed by atoms with E-state index in [9.17, 15) is 5.53 Å². The Balaban J connectivity index is 0.00000153. The molecule has 2 aromatic rings. The van der Waals surface area contributed by atoms with Crippen molar-refractivity contribution in [2.45, 2.75) is 524 Å². The van der Waals surface area contributed by atoms with Gasteiger partial charge in [0, 0.05) is 22.3 Å². The van der Waals surface area contributed by atoms with Gasteiger partial charge in [-0.1, -0.05) is 469 Å². The Hall–Kier alpha value is -1.99. The first-order valence-corrected chi connectivity index (χ1v) is 46.5. The van der Waals surface area contributed by atoms with Gasteiger partial charge in [-0.25, -0.2) is 4.70 Å². The molecule has 3 rings (SSSR count). The van der Waals surface area contributed by atoms with Gasteiger partial charge in [0.15, 0.2) is 0 Å². The molecular weight excluding hydrogens is 1280 g/mol. The molecule has 0 bridgehead atoms. The fraction of sp³-hybridized carbons (Fsp3) is 0.818. The maximum atomic E-state index is 12.2. The molecule has 0 radical (unpaired) electrons. The number of benzene rings is 2. The normalized spacial score (nSPS) is 12.2. The van der Waals surface area contributed by atoms with Crippen LogP contribution in [0.1, 0.15) is 531 Å². The zero-order valence-electron chi connectivity index (χ0n) is 70.7. The third-order valence-electron chi connectivity index (χ3n) is 22.3. The predicted molar refractivity (Wildman–Crippen MR) is 460 cm³/mol. The molecule has 0 N–H and O–H groups in total. The molecule has 0 aromatic heterocycles. The van der Waals surface area contributed by atoms with Gasteiger partial charge < -0.3 is 19.4 Å². The van der Waals surface area contributed by atoms with Crippen molar-refractivity contribution in [3.8, 4) is 0 Å². The first-order chi connectivity index (χ1) is 49.8. The van der Waals surface area contributed by atoms with Gasteiger partial charge >= 0.3 is 16.5 Å². The molecule has 596 valence electrons. The first-order valence-electron chi connectivity index (χ1n) is 46.5. The Labute approximate surface area is 652 Å². The van der Waals surface area contributed by atoms with E-state index >= 15 is 0 Å². The molecule has 0 atom stereocenters. The van der Waals surface area contributed by atoms with E-state index in [-0.39, 0.29) is 16.5 Å². The number of nitrogens with zero attached hydrogens (tertiary/aromatic N) is 2. The summed E-state index contributed by atoms with van der Waals surface area (Å²) in [6.45, 7) is 25.9. The number of unbranched alkanes of at least 4 members (excludes halogenated alkanes) is 63. The summed E-state index contributed by atoms with van der Waals surface area (Å²) in [5.74, 6) is 0. The maximum absolute atomic E-state index is 12.2. The quantitative estimate of drug-likeness (QED) is 0.0273.